The zero-order chi connectivity index (χ0) is 18.8. The highest BCUT2D eigenvalue weighted by Crippen LogP contribution is 2.65. The lowest BCUT2D eigenvalue weighted by molar-refractivity contribution is -0.157. The molecule has 5 aliphatic rings. The summed E-state index contributed by atoms with van der Waals surface area (Å²) in [4.78, 5) is 28.2. The molecule has 0 aromatic rings. The van der Waals surface area contributed by atoms with E-state index in [2.05, 4.69) is 18.7 Å². The Morgan fingerprint density at radius 1 is 0.815 bits per heavy atom. The Morgan fingerprint density at radius 2 is 1.59 bits per heavy atom. The maximum absolute atomic E-state index is 13.0. The predicted octanol–water partition coefficient (Wildman–Crippen LogP) is 4.63. The van der Waals surface area contributed by atoms with Gasteiger partial charge in [0.2, 0.25) is 0 Å². The molecule has 0 radical (unpaired) electrons. The molecule has 1 saturated heterocycles. The fourth-order valence-electron chi connectivity index (χ4n) is 8.57. The number of piperidine rings is 1. The summed E-state index contributed by atoms with van der Waals surface area (Å²) in [5.41, 5.74) is 0.285. The van der Waals surface area contributed by atoms with E-state index in [1.54, 1.807) is 0 Å². The van der Waals surface area contributed by atoms with Crippen molar-refractivity contribution in [3.05, 3.63) is 0 Å². The van der Waals surface area contributed by atoms with E-state index in [0.717, 1.165) is 57.0 Å². The van der Waals surface area contributed by atoms with Crippen molar-refractivity contribution in [2.75, 3.05) is 13.1 Å². The van der Waals surface area contributed by atoms with Gasteiger partial charge in [0.05, 0.1) is 6.04 Å². The Labute approximate surface area is 164 Å². The largest absolute Gasteiger partial charge is 0.299 e. The van der Waals surface area contributed by atoms with Crippen LogP contribution in [0.15, 0.2) is 0 Å². The molecule has 1 aliphatic heterocycles. The molecule has 0 unspecified atom stereocenters. The Bertz CT molecular complexity index is 638. The van der Waals surface area contributed by atoms with Crippen LogP contribution in [0.2, 0.25) is 0 Å². The number of nitrogens with zero attached hydrogens (tertiary/aromatic N) is 1. The molecule has 0 bridgehead atoms. The maximum Gasteiger partial charge on any atom is 0.150 e. The molecule has 4 saturated carbocycles. The Morgan fingerprint density at radius 3 is 2.37 bits per heavy atom. The third kappa shape index (κ3) is 2.56. The second-order valence-corrected chi connectivity index (χ2v) is 11.0. The van der Waals surface area contributed by atoms with Crippen LogP contribution >= 0.6 is 0 Å². The first kappa shape index (κ1) is 18.3. The van der Waals surface area contributed by atoms with Crippen LogP contribution in [-0.2, 0) is 9.59 Å². The number of fused-ring (bicyclic) bond motifs is 5. The first-order chi connectivity index (χ1) is 12.9. The molecule has 0 N–H and O–H groups in total. The zero-order valence-electron chi connectivity index (χ0n) is 17.3. The van der Waals surface area contributed by atoms with Crippen LogP contribution in [0.5, 0.6) is 0 Å². The summed E-state index contributed by atoms with van der Waals surface area (Å²) in [6, 6.07) is 0.198. The van der Waals surface area contributed by atoms with E-state index in [1.807, 2.05) is 0 Å². The molecular formula is C24H37NO2. The highest BCUT2D eigenvalue weighted by molar-refractivity contribution is 5.87. The van der Waals surface area contributed by atoms with Crippen molar-refractivity contribution in [2.24, 2.45) is 34.5 Å². The van der Waals surface area contributed by atoms with E-state index < -0.39 is 0 Å². The maximum atomic E-state index is 13.0. The fourth-order valence-corrected chi connectivity index (χ4v) is 8.57. The third-order valence-corrected chi connectivity index (χ3v) is 10.1. The number of hydrogen-bond donors (Lipinski definition) is 0. The lowest BCUT2D eigenvalue weighted by Gasteiger charge is -2.61. The fraction of sp³-hybridized carbons (Fsp3) is 0.917. The standard InChI is InChI=1S/C24H37NO2/c1-23-13-11-20(26)22(25-14-4-3-5-15-25)19(23)7-6-16-17-8-9-21(27)24(17,2)12-10-18(16)23/h16-19,22H,3-15H2,1-2H3/t16-,17-,18-,19-,22-,23+,24-/m0/s1. The van der Waals surface area contributed by atoms with Crippen molar-refractivity contribution in [1.29, 1.82) is 0 Å². The number of rotatable bonds is 1. The molecule has 5 rings (SSSR count). The van der Waals surface area contributed by atoms with Gasteiger partial charge in [0.25, 0.3) is 0 Å². The quantitative estimate of drug-likeness (QED) is 0.674. The molecule has 3 nitrogen and oxygen atoms in total. The van der Waals surface area contributed by atoms with E-state index >= 15 is 0 Å². The van der Waals surface area contributed by atoms with E-state index in [4.69, 9.17) is 0 Å². The molecule has 0 spiro atoms. The Kier molecular flexibility index (Phi) is 4.35. The van der Waals surface area contributed by atoms with Crippen molar-refractivity contribution >= 4 is 11.6 Å². The average molecular weight is 372 g/mol. The molecule has 0 aromatic heterocycles. The van der Waals surface area contributed by atoms with Crippen LogP contribution in [-0.4, -0.2) is 35.6 Å². The highest BCUT2D eigenvalue weighted by atomic mass is 16.1. The Balaban J connectivity index is 1.44. The van der Waals surface area contributed by atoms with Crippen LogP contribution in [0.3, 0.4) is 0 Å². The van der Waals surface area contributed by atoms with Crippen molar-refractivity contribution in [1.82, 2.24) is 4.90 Å². The first-order valence-electron chi connectivity index (χ1n) is 11.8. The van der Waals surface area contributed by atoms with Gasteiger partial charge in [-0.05, 0) is 93.5 Å². The highest BCUT2D eigenvalue weighted by Gasteiger charge is 2.62. The molecule has 7 atom stereocenters. The number of likely N-dealkylation sites (tertiary alicyclic amines) is 1. The number of hydrogen-bond acceptors (Lipinski definition) is 3. The van der Waals surface area contributed by atoms with Crippen molar-refractivity contribution < 1.29 is 9.59 Å². The van der Waals surface area contributed by atoms with E-state index in [-0.39, 0.29) is 11.5 Å². The van der Waals surface area contributed by atoms with Crippen LogP contribution in [0, 0.1) is 34.5 Å². The summed E-state index contributed by atoms with van der Waals surface area (Å²) in [7, 11) is 0. The SMILES string of the molecule is C[C@]12CCC(=O)[C@@H](N3CCCCC3)[C@@H]1CC[C@@H]1[C@@H]2CC[C@]2(C)C(=O)CC[C@@H]12. The molecule has 27 heavy (non-hydrogen) atoms. The first-order valence-corrected chi connectivity index (χ1v) is 11.8. The molecule has 150 valence electrons. The number of carbonyl (C=O) groups excluding carboxylic acids is 2. The number of ketones is 2. The molecule has 0 aromatic carbocycles. The minimum Gasteiger partial charge on any atom is -0.299 e. The van der Waals surface area contributed by atoms with Gasteiger partial charge in [-0.1, -0.05) is 20.3 Å². The smallest absolute Gasteiger partial charge is 0.150 e. The molecule has 1 heterocycles. The number of carbonyl (C=O) groups is 2. The predicted molar refractivity (Wildman–Crippen MR) is 106 cm³/mol. The summed E-state index contributed by atoms with van der Waals surface area (Å²) in [6.07, 6.45) is 12.5. The monoisotopic (exact) mass is 371 g/mol. The van der Waals surface area contributed by atoms with Gasteiger partial charge in [-0.15, -0.1) is 0 Å². The second-order valence-electron chi connectivity index (χ2n) is 11.0. The van der Waals surface area contributed by atoms with Gasteiger partial charge in [0.15, 0.2) is 0 Å². The van der Waals surface area contributed by atoms with Gasteiger partial charge >= 0.3 is 0 Å². The average Bonchev–Trinajstić information content (AvgIpc) is 2.98. The van der Waals surface area contributed by atoms with Gasteiger partial charge in [-0.2, -0.15) is 0 Å². The summed E-state index contributed by atoms with van der Waals surface area (Å²) in [6.45, 7) is 7.08. The van der Waals surface area contributed by atoms with Crippen LogP contribution < -0.4 is 0 Å². The molecule has 5 fully saturated rings. The van der Waals surface area contributed by atoms with E-state index in [9.17, 15) is 9.59 Å². The lowest BCUT2D eigenvalue weighted by atomic mass is 9.44. The summed E-state index contributed by atoms with van der Waals surface area (Å²) in [5.74, 6) is 3.72. The summed E-state index contributed by atoms with van der Waals surface area (Å²) < 4.78 is 0. The number of Topliss-reactive ketones (excluding diaryl/α,β-unsaturated/α-hetero) is 2. The van der Waals surface area contributed by atoms with Crippen molar-refractivity contribution in [3.8, 4) is 0 Å². The van der Waals surface area contributed by atoms with Crippen molar-refractivity contribution in [2.45, 2.75) is 90.5 Å². The topological polar surface area (TPSA) is 37.4 Å². The third-order valence-electron chi connectivity index (χ3n) is 10.1. The molecule has 3 heteroatoms. The molecule has 4 aliphatic carbocycles. The minimum atomic E-state index is -0.0267. The van der Waals surface area contributed by atoms with E-state index in [1.165, 1.54) is 38.5 Å². The Hall–Kier alpha value is -0.700. The molecular weight excluding hydrogens is 334 g/mol. The van der Waals surface area contributed by atoms with Crippen molar-refractivity contribution in [3.63, 3.8) is 0 Å². The molecule has 0 amide bonds. The summed E-state index contributed by atoms with van der Waals surface area (Å²) in [5, 5.41) is 0. The van der Waals surface area contributed by atoms with Gasteiger partial charge in [0, 0.05) is 18.3 Å². The van der Waals surface area contributed by atoms with Gasteiger partial charge < -0.3 is 0 Å². The normalized spacial score (nSPS) is 50.8. The van der Waals surface area contributed by atoms with Gasteiger partial charge in [-0.25, -0.2) is 0 Å². The van der Waals surface area contributed by atoms with Crippen LogP contribution in [0.25, 0.3) is 0 Å². The lowest BCUT2D eigenvalue weighted by Crippen LogP contribution is -2.61. The zero-order valence-corrected chi connectivity index (χ0v) is 17.3. The van der Waals surface area contributed by atoms with Crippen LogP contribution in [0.4, 0.5) is 0 Å². The minimum absolute atomic E-state index is 0.0267. The van der Waals surface area contributed by atoms with Gasteiger partial charge in [-0.3, -0.25) is 14.5 Å². The summed E-state index contributed by atoms with van der Waals surface area (Å²) >= 11 is 0. The van der Waals surface area contributed by atoms with E-state index in [0.29, 0.717) is 28.8 Å². The van der Waals surface area contributed by atoms with Crippen LogP contribution in [0.1, 0.15) is 84.5 Å². The van der Waals surface area contributed by atoms with Gasteiger partial charge in [0.1, 0.15) is 11.6 Å². The second kappa shape index (κ2) is 6.40.